The molecule has 1 unspecified atom stereocenters. The highest BCUT2D eigenvalue weighted by Crippen LogP contribution is 2.27. The fourth-order valence-electron chi connectivity index (χ4n) is 1.64. The van der Waals surface area contributed by atoms with Gasteiger partial charge in [0.1, 0.15) is 5.75 Å². The predicted octanol–water partition coefficient (Wildman–Crippen LogP) is 1.69. The number of carbonyl (C=O) groups excluding carboxylic acids is 2. The van der Waals surface area contributed by atoms with Crippen molar-refractivity contribution in [3.63, 3.8) is 0 Å². The van der Waals surface area contributed by atoms with Gasteiger partial charge in [-0.1, -0.05) is 0 Å². The number of thioether (sulfide) groups is 1. The normalized spacial score (nSPS) is 20.6. The predicted molar refractivity (Wildman–Crippen MR) is 67.4 cm³/mol. The van der Waals surface area contributed by atoms with Crippen LogP contribution in [-0.2, 0) is 9.59 Å². The summed E-state index contributed by atoms with van der Waals surface area (Å²) < 4.78 is 5.04. The molecule has 5 heteroatoms. The second-order valence-corrected chi connectivity index (χ2v) is 5.05. The van der Waals surface area contributed by atoms with Crippen molar-refractivity contribution >= 4 is 29.3 Å². The van der Waals surface area contributed by atoms with Gasteiger partial charge in [-0.05, 0) is 31.2 Å². The van der Waals surface area contributed by atoms with Crippen molar-refractivity contribution in [2.75, 3.05) is 17.8 Å². The quantitative estimate of drug-likeness (QED) is 0.750. The van der Waals surface area contributed by atoms with Crippen molar-refractivity contribution in [2.24, 2.45) is 0 Å². The number of benzene rings is 1. The highest BCUT2D eigenvalue weighted by molar-refractivity contribution is 8.01. The van der Waals surface area contributed by atoms with E-state index < -0.39 is 0 Å². The summed E-state index contributed by atoms with van der Waals surface area (Å²) in [6.07, 6.45) is 0. The Kier molecular flexibility index (Phi) is 3.38. The molecule has 1 aliphatic rings. The first-order valence-electron chi connectivity index (χ1n) is 5.26. The van der Waals surface area contributed by atoms with E-state index in [0.29, 0.717) is 17.2 Å². The molecule has 0 N–H and O–H groups in total. The van der Waals surface area contributed by atoms with Gasteiger partial charge in [-0.3, -0.25) is 9.59 Å². The molecule has 17 heavy (non-hydrogen) atoms. The van der Waals surface area contributed by atoms with E-state index >= 15 is 0 Å². The molecule has 4 nitrogen and oxygen atoms in total. The van der Waals surface area contributed by atoms with E-state index in [9.17, 15) is 9.59 Å². The van der Waals surface area contributed by atoms with Gasteiger partial charge < -0.3 is 4.74 Å². The molecule has 0 saturated carbocycles. The van der Waals surface area contributed by atoms with E-state index in [4.69, 9.17) is 4.74 Å². The molecule has 1 aliphatic heterocycles. The molecule has 1 aromatic rings. The van der Waals surface area contributed by atoms with Crippen LogP contribution in [0.2, 0.25) is 0 Å². The summed E-state index contributed by atoms with van der Waals surface area (Å²) in [7, 11) is 1.57. The highest BCUT2D eigenvalue weighted by atomic mass is 32.2. The fraction of sp³-hybridized carbons (Fsp3) is 0.333. The number of ether oxygens (including phenoxy) is 1. The lowest BCUT2D eigenvalue weighted by atomic mass is 10.2. The number of amides is 2. The average molecular weight is 251 g/mol. The Morgan fingerprint density at radius 2 is 1.94 bits per heavy atom. The zero-order valence-electron chi connectivity index (χ0n) is 9.67. The topological polar surface area (TPSA) is 46.6 Å². The van der Waals surface area contributed by atoms with Gasteiger partial charge >= 0.3 is 0 Å². The molecule has 1 saturated heterocycles. The van der Waals surface area contributed by atoms with Gasteiger partial charge in [0.05, 0.1) is 23.8 Å². The number of anilines is 1. The number of imide groups is 1. The van der Waals surface area contributed by atoms with Crippen molar-refractivity contribution in [1.82, 2.24) is 0 Å². The molecule has 2 rings (SSSR count). The van der Waals surface area contributed by atoms with Crippen LogP contribution in [-0.4, -0.2) is 29.9 Å². The van der Waals surface area contributed by atoms with Crippen LogP contribution in [0.25, 0.3) is 0 Å². The van der Waals surface area contributed by atoms with Crippen molar-refractivity contribution < 1.29 is 14.3 Å². The van der Waals surface area contributed by atoms with Crippen LogP contribution in [0.5, 0.6) is 5.75 Å². The van der Waals surface area contributed by atoms with E-state index in [-0.39, 0.29) is 17.1 Å². The summed E-state index contributed by atoms with van der Waals surface area (Å²) in [5, 5.41) is -0.171. The third-order valence-corrected chi connectivity index (χ3v) is 3.72. The van der Waals surface area contributed by atoms with Crippen molar-refractivity contribution in [3.05, 3.63) is 24.3 Å². The van der Waals surface area contributed by atoms with E-state index in [0.717, 1.165) is 0 Å². The van der Waals surface area contributed by atoms with Crippen molar-refractivity contribution in [2.45, 2.75) is 12.2 Å². The molecule has 0 bridgehead atoms. The molecule has 1 aromatic carbocycles. The van der Waals surface area contributed by atoms with E-state index in [1.807, 2.05) is 6.92 Å². The van der Waals surface area contributed by atoms with Crippen LogP contribution in [0.1, 0.15) is 6.92 Å². The van der Waals surface area contributed by atoms with Crippen molar-refractivity contribution in [3.8, 4) is 5.75 Å². The second kappa shape index (κ2) is 4.79. The minimum atomic E-state index is -0.171. The number of nitrogens with zero attached hydrogens (tertiary/aromatic N) is 1. The van der Waals surface area contributed by atoms with Gasteiger partial charge in [-0.2, -0.15) is 0 Å². The lowest BCUT2D eigenvalue weighted by molar-refractivity contribution is -0.125. The van der Waals surface area contributed by atoms with Gasteiger partial charge in [0.25, 0.3) is 0 Å². The molecule has 0 spiro atoms. The molecule has 0 aromatic heterocycles. The molecule has 1 atom stereocenters. The van der Waals surface area contributed by atoms with E-state index in [2.05, 4.69) is 0 Å². The van der Waals surface area contributed by atoms with Crippen LogP contribution in [0.4, 0.5) is 5.69 Å². The average Bonchev–Trinajstić information content (AvgIpc) is 2.35. The lowest BCUT2D eigenvalue weighted by Gasteiger charge is -2.28. The summed E-state index contributed by atoms with van der Waals surface area (Å²) in [5.41, 5.74) is 0.605. The Balaban J connectivity index is 2.29. The number of rotatable bonds is 2. The number of methoxy groups -OCH3 is 1. The minimum Gasteiger partial charge on any atom is -0.497 e. The molecule has 90 valence electrons. The molecule has 0 radical (unpaired) electrons. The standard InChI is InChI=1S/C12H13NO3S/c1-8-12(15)13(11(14)7-17-8)9-3-5-10(16-2)6-4-9/h3-6,8H,7H2,1-2H3. The largest absolute Gasteiger partial charge is 0.497 e. The third-order valence-electron chi connectivity index (χ3n) is 2.60. The van der Waals surface area contributed by atoms with Crippen LogP contribution in [0, 0.1) is 0 Å². The zero-order valence-corrected chi connectivity index (χ0v) is 10.5. The van der Waals surface area contributed by atoms with Crippen LogP contribution in [0.15, 0.2) is 24.3 Å². The van der Waals surface area contributed by atoms with Gasteiger partial charge in [-0.25, -0.2) is 4.90 Å². The SMILES string of the molecule is COc1ccc(N2C(=O)CSC(C)C2=O)cc1. The first-order chi connectivity index (χ1) is 8.13. The van der Waals surface area contributed by atoms with Gasteiger partial charge in [0.2, 0.25) is 11.8 Å². The molecule has 0 aliphatic carbocycles. The number of hydrogen-bond donors (Lipinski definition) is 0. The zero-order chi connectivity index (χ0) is 12.4. The lowest BCUT2D eigenvalue weighted by Crippen LogP contribution is -2.46. The fourth-order valence-corrected chi connectivity index (χ4v) is 2.41. The Morgan fingerprint density at radius 1 is 1.29 bits per heavy atom. The number of carbonyl (C=O) groups is 2. The van der Waals surface area contributed by atoms with Gasteiger partial charge in [-0.15, -0.1) is 11.8 Å². The Hall–Kier alpha value is -1.49. The first kappa shape index (κ1) is 12.0. The molecule has 1 fully saturated rings. The summed E-state index contributed by atoms with van der Waals surface area (Å²) in [6.45, 7) is 1.82. The monoisotopic (exact) mass is 251 g/mol. The third kappa shape index (κ3) is 2.29. The van der Waals surface area contributed by atoms with E-state index in [1.54, 1.807) is 31.4 Å². The molecule has 2 amide bonds. The van der Waals surface area contributed by atoms with Crippen LogP contribution >= 0.6 is 11.8 Å². The number of hydrogen-bond acceptors (Lipinski definition) is 4. The van der Waals surface area contributed by atoms with Crippen molar-refractivity contribution in [1.29, 1.82) is 0 Å². The minimum absolute atomic E-state index is 0.156. The molecular weight excluding hydrogens is 238 g/mol. The Labute approximate surface area is 104 Å². The summed E-state index contributed by atoms with van der Waals surface area (Å²) in [6, 6.07) is 6.92. The van der Waals surface area contributed by atoms with Crippen LogP contribution in [0.3, 0.4) is 0 Å². The second-order valence-electron chi connectivity index (χ2n) is 3.72. The van der Waals surface area contributed by atoms with E-state index in [1.165, 1.54) is 16.7 Å². The smallest absolute Gasteiger partial charge is 0.246 e. The maximum atomic E-state index is 11.9. The Morgan fingerprint density at radius 3 is 2.53 bits per heavy atom. The first-order valence-corrected chi connectivity index (χ1v) is 6.31. The summed E-state index contributed by atoms with van der Waals surface area (Å²) in [5.74, 6) is 0.728. The van der Waals surface area contributed by atoms with Crippen LogP contribution < -0.4 is 9.64 Å². The molecule has 1 heterocycles. The summed E-state index contributed by atoms with van der Waals surface area (Å²) in [4.78, 5) is 25.0. The highest BCUT2D eigenvalue weighted by Gasteiger charge is 2.33. The van der Waals surface area contributed by atoms with Gasteiger partial charge in [0.15, 0.2) is 0 Å². The van der Waals surface area contributed by atoms with Gasteiger partial charge in [0, 0.05) is 0 Å². The summed E-state index contributed by atoms with van der Waals surface area (Å²) >= 11 is 1.37. The molecular formula is C12H13NO3S. The maximum absolute atomic E-state index is 11.9. The Bertz CT molecular complexity index is 444. The maximum Gasteiger partial charge on any atom is 0.246 e.